The Balaban J connectivity index is 1.84. The molecule has 0 bridgehead atoms. The lowest BCUT2D eigenvalue weighted by atomic mass is 10.1. The van der Waals surface area contributed by atoms with Gasteiger partial charge in [-0.3, -0.25) is 9.59 Å². The molecule has 0 radical (unpaired) electrons. The van der Waals surface area contributed by atoms with Crippen molar-refractivity contribution in [3.8, 4) is 0 Å². The Kier molecular flexibility index (Phi) is 4.61. The van der Waals surface area contributed by atoms with E-state index in [1.807, 2.05) is 17.0 Å². The van der Waals surface area contributed by atoms with Crippen LogP contribution in [0.25, 0.3) is 0 Å². The number of nitrogens with one attached hydrogen (secondary N) is 1. The van der Waals surface area contributed by atoms with Crippen molar-refractivity contribution in [1.29, 1.82) is 0 Å². The molecular formula is C15H21N3O2. The minimum Gasteiger partial charge on any atom is -0.399 e. The molecule has 20 heavy (non-hydrogen) atoms. The lowest BCUT2D eigenvalue weighted by molar-refractivity contribution is -0.134. The fraction of sp³-hybridized carbons (Fsp3) is 0.467. The number of carbonyl (C=O) groups is 2. The molecule has 1 aliphatic heterocycles. The highest BCUT2D eigenvalue weighted by Gasteiger charge is 2.24. The van der Waals surface area contributed by atoms with E-state index in [1.54, 1.807) is 19.1 Å². The van der Waals surface area contributed by atoms with Crippen LogP contribution in [0, 0.1) is 0 Å². The normalized spacial score (nSPS) is 15.9. The second kappa shape index (κ2) is 6.41. The minimum absolute atomic E-state index is 0.00755. The Morgan fingerprint density at radius 3 is 2.45 bits per heavy atom. The number of nitrogens with two attached hydrogens (primary N) is 1. The highest BCUT2D eigenvalue weighted by Crippen LogP contribution is 2.09. The van der Waals surface area contributed by atoms with Crippen LogP contribution >= 0.6 is 0 Å². The highest BCUT2D eigenvalue weighted by atomic mass is 16.2. The van der Waals surface area contributed by atoms with Gasteiger partial charge in [-0.05, 0) is 37.5 Å². The molecule has 1 saturated heterocycles. The number of rotatable bonds is 4. The summed E-state index contributed by atoms with van der Waals surface area (Å²) in [7, 11) is 0. The quantitative estimate of drug-likeness (QED) is 0.803. The third kappa shape index (κ3) is 3.73. The maximum absolute atomic E-state index is 12.1. The van der Waals surface area contributed by atoms with Crippen LogP contribution < -0.4 is 11.1 Å². The minimum atomic E-state index is -0.464. The maximum atomic E-state index is 12.1. The van der Waals surface area contributed by atoms with Gasteiger partial charge in [-0.2, -0.15) is 0 Å². The van der Waals surface area contributed by atoms with Crippen molar-refractivity contribution in [3.63, 3.8) is 0 Å². The maximum Gasteiger partial charge on any atom is 0.244 e. The molecule has 1 unspecified atom stereocenters. The summed E-state index contributed by atoms with van der Waals surface area (Å²) in [6, 6.07) is 6.71. The molecule has 2 rings (SSSR count). The Morgan fingerprint density at radius 2 is 1.85 bits per heavy atom. The van der Waals surface area contributed by atoms with Gasteiger partial charge in [0.15, 0.2) is 0 Å². The molecule has 1 aromatic rings. The molecule has 0 spiro atoms. The zero-order valence-electron chi connectivity index (χ0n) is 11.8. The molecule has 5 heteroatoms. The first kappa shape index (κ1) is 14.4. The molecule has 0 aliphatic carbocycles. The van der Waals surface area contributed by atoms with Crippen molar-refractivity contribution in [1.82, 2.24) is 10.2 Å². The van der Waals surface area contributed by atoms with E-state index < -0.39 is 6.04 Å². The number of amides is 2. The van der Waals surface area contributed by atoms with E-state index in [9.17, 15) is 9.59 Å². The zero-order chi connectivity index (χ0) is 14.5. The average molecular weight is 275 g/mol. The Labute approximate surface area is 119 Å². The molecule has 1 atom stereocenters. The summed E-state index contributed by atoms with van der Waals surface area (Å²) >= 11 is 0. The lowest BCUT2D eigenvalue weighted by Crippen LogP contribution is -2.46. The van der Waals surface area contributed by atoms with Crippen molar-refractivity contribution in [2.45, 2.75) is 32.2 Å². The first-order valence-electron chi connectivity index (χ1n) is 6.99. The monoisotopic (exact) mass is 275 g/mol. The van der Waals surface area contributed by atoms with Crippen molar-refractivity contribution in [3.05, 3.63) is 29.8 Å². The number of nitrogens with zero attached hydrogens (tertiary/aromatic N) is 1. The van der Waals surface area contributed by atoms with E-state index in [-0.39, 0.29) is 18.2 Å². The van der Waals surface area contributed by atoms with Gasteiger partial charge >= 0.3 is 0 Å². The molecule has 0 aromatic heterocycles. The van der Waals surface area contributed by atoms with Gasteiger partial charge in [0.2, 0.25) is 11.8 Å². The van der Waals surface area contributed by atoms with Gasteiger partial charge in [0.25, 0.3) is 0 Å². The van der Waals surface area contributed by atoms with E-state index in [2.05, 4.69) is 5.32 Å². The average Bonchev–Trinajstić information content (AvgIpc) is 2.94. The van der Waals surface area contributed by atoms with Gasteiger partial charge < -0.3 is 16.0 Å². The number of anilines is 1. The smallest absolute Gasteiger partial charge is 0.244 e. The third-order valence-corrected chi connectivity index (χ3v) is 3.51. The summed E-state index contributed by atoms with van der Waals surface area (Å²) in [5.41, 5.74) is 7.16. The largest absolute Gasteiger partial charge is 0.399 e. The lowest BCUT2D eigenvalue weighted by Gasteiger charge is -2.21. The first-order chi connectivity index (χ1) is 9.56. The summed E-state index contributed by atoms with van der Waals surface area (Å²) in [5, 5.41) is 2.76. The number of carbonyl (C=O) groups excluding carboxylic acids is 2. The van der Waals surface area contributed by atoms with Crippen LogP contribution in [-0.4, -0.2) is 35.8 Å². The van der Waals surface area contributed by atoms with Gasteiger partial charge in [-0.1, -0.05) is 12.1 Å². The summed E-state index contributed by atoms with van der Waals surface area (Å²) in [4.78, 5) is 25.8. The molecular weight excluding hydrogens is 254 g/mol. The van der Waals surface area contributed by atoms with Gasteiger partial charge in [0.1, 0.15) is 6.04 Å². The van der Waals surface area contributed by atoms with Gasteiger partial charge in [0, 0.05) is 18.8 Å². The molecule has 1 fully saturated rings. The molecule has 1 aliphatic rings. The van der Waals surface area contributed by atoms with E-state index in [0.717, 1.165) is 31.5 Å². The Morgan fingerprint density at radius 1 is 1.25 bits per heavy atom. The number of nitrogen functional groups attached to an aromatic ring is 1. The Hall–Kier alpha value is -2.04. The second-order valence-electron chi connectivity index (χ2n) is 5.24. The summed E-state index contributed by atoms with van der Waals surface area (Å²) in [5.74, 6) is -0.136. The number of likely N-dealkylation sites (tertiary alicyclic amines) is 1. The standard InChI is InChI=1S/C15H21N3O2/c1-11(15(20)18-8-2-3-9-18)17-14(19)10-12-4-6-13(16)7-5-12/h4-7,11H,2-3,8-10,16H2,1H3,(H,17,19). The zero-order valence-corrected chi connectivity index (χ0v) is 11.8. The van der Waals surface area contributed by atoms with Crippen LogP contribution in [0.4, 0.5) is 5.69 Å². The summed E-state index contributed by atoms with van der Waals surface area (Å²) < 4.78 is 0. The predicted octanol–water partition coefficient (Wildman–Crippen LogP) is 0.938. The second-order valence-corrected chi connectivity index (χ2v) is 5.24. The molecule has 2 amide bonds. The van der Waals surface area contributed by atoms with Crippen LogP contribution in [-0.2, 0) is 16.0 Å². The predicted molar refractivity (Wildman–Crippen MR) is 78.0 cm³/mol. The van der Waals surface area contributed by atoms with E-state index in [0.29, 0.717) is 5.69 Å². The molecule has 3 N–H and O–H groups in total. The molecule has 0 saturated carbocycles. The highest BCUT2D eigenvalue weighted by molar-refractivity contribution is 5.88. The van der Waals surface area contributed by atoms with E-state index in [4.69, 9.17) is 5.73 Å². The van der Waals surface area contributed by atoms with Gasteiger partial charge in [0.05, 0.1) is 6.42 Å². The summed E-state index contributed by atoms with van der Waals surface area (Å²) in [6.07, 6.45) is 2.37. The molecule has 1 heterocycles. The molecule has 5 nitrogen and oxygen atoms in total. The SMILES string of the molecule is CC(NC(=O)Cc1ccc(N)cc1)C(=O)N1CCCC1. The number of hydrogen-bond acceptors (Lipinski definition) is 3. The number of benzene rings is 1. The van der Waals surface area contributed by atoms with Gasteiger partial charge in [-0.25, -0.2) is 0 Å². The number of hydrogen-bond donors (Lipinski definition) is 2. The topological polar surface area (TPSA) is 75.4 Å². The van der Waals surface area contributed by atoms with Crippen molar-refractivity contribution < 1.29 is 9.59 Å². The van der Waals surface area contributed by atoms with Crippen LogP contribution in [0.2, 0.25) is 0 Å². The third-order valence-electron chi connectivity index (χ3n) is 3.51. The van der Waals surface area contributed by atoms with Crippen molar-refractivity contribution in [2.75, 3.05) is 18.8 Å². The summed E-state index contributed by atoms with van der Waals surface area (Å²) in [6.45, 7) is 3.34. The fourth-order valence-electron chi connectivity index (χ4n) is 2.39. The first-order valence-corrected chi connectivity index (χ1v) is 6.99. The van der Waals surface area contributed by atoms with Crippen LogP contribution in [0.3, 0.4) is 0 Å². The van der Waals surface area contributed by atoms with Crippen molar-refractivity contribution in [2.24, 2.45) is 0 Å². The molecule has 1 aromatic carbocycles. The van der Waals surface area contributed by atoms with Gasteiger partial charge in [-0.15, -0.1) is 0 Å². The van der Waals surface area contributed by atoms with Crippen molar-refractivity contribution >= 4 is 17.5 Å². The van der Waals surface area contributed by atoms with Crippen LogP contribution in [0.15, 0.2) is 24.3 Å². The van der Waals surface area contributed by atoms with Crippen LogP contribution in [0.5, 0.6) is 0 Å². The van der Waals surface area contributed by atoms with Crippen LogP contribution in [0.1, 0.15) is 25.3 Å². The molecule has 108 valence electrons. The Bertz CT molecular complexity index is 478. The fourth-order valence-corrected chi connectivity index (χ4v) is 2.39. The van der Waals surface area contributed by atoms with E-state index >= 15 is 0 Å². The van der Waals surface area contributed by atoms with E-state index in [1.165, 1.54) is 0 Å².